The molecule has 0 bridgehead atoms. The molecule has 7 atom stereocenters. The molecule has 5 nitrogen and oxygen atoms in total. The van der Waals surface area contributed by atoms with Gasteiger partial charge in [-0.05, 0) is 90.4 Å². The Morgan fingerprint density at radius 2 is 1.77 bits per heavy atom. The number of hydrogen-bond acceptors (Lipinski definition) is 4. The van der Waals surface area contributed by atoms with Crippen LogP contribution in [0.1, 0.15) is 93.4 Å². The van der Waals surface area contributed by atoms with E-state index in [-0.39, 0.29) is 51.1 Å². The fourth-order valence-corrected chi connectivity index (χ4v) is 10.2. The minimum absolute atomic E-state index is 0.0392. The van der Waals surface area contributed by atoms with Crippen LogP contribution < -0.4 is 5.32 Å². The molecule has 2 unspecified atom stereocenters. The van der Waals surface area contributed by atoms with Crippen molar-refractivity contribution >= 4 is 11.7 Å². The summed E-state index contributed by atoms with van der Waals surface area (Å²) in [6, 6.07) is 2.38. The predicted molar refractivity (Wildman–Crippen MR) is 152 cm³/mol. The highest BCUT2D eigenvalue weighted by atomic mass is 16.5. The standard InChI is InChI=1S/C34H46N2O3/c1-9-27(38)36-34-14-12-29(2,3)18-23(34)28-24(37)16-26-31(6)17-22(19-35)20-39-21-30(4,5)25(31)10-11-32(26,7)33(28,8)13-15-34/h1,16-17,23,25,28H,10-15,18,20-21H2,2-8H3,(H,36,38)/b22-17-/t23?,25-,28?,31-,32+,33+,34-/m0/s1. The van der Waals surface area contributed by atoms with Crippen molar-refractivity contribution < 1.29 is 14.3 Å². The van der Waals surface area contributed by atoms with E-state index in [4.69, 9.17) is 11.2 Å². The van der Waals surface area contributed by atoms with Crippen LogP contribution in [0.4, 0.5) is 0 Å². The third kappa shape index (κ3) is 3.98. The molecule has 0 aromatic heterocycles. The highest BCUT2D eigenvalue weighted by Gasteiger charge is 2.69. The van der Waals surface area contributed by atoms with Crippen LogP contribution in [-0.2, 0) is 14.3 Å². The molecule has 1 N–H and O–H groups in total. The van der Waals surface area contributed by atoms with Gasteiger partial charge >= 0.3 is 0 Å². The topological polar surface area (TPSA) is 79.2 Å². The molecule has 3 fully saturated rings. The number of nitrogens with zero attached hydrogens (tertiary/aromatic N) is 1. The van der Waals surface area contributed by atoms with Crippen LogP contribution in [-0.4, -0.2) is 30.4 Å². The van der Waals surface area contributed by atoms with E-state index in [9.17, 15) is 14.9 Å². The molecule has 5 aliphatic rings. The molecule has 1 amide bonds. The zero-order valence-corrected chi connectivity index (χ0v) is 25.0. The van der Waals surface area contributed by atoms with Gasteiger partial charge in [0, 0.05) is 16.9 Å². The first-order valence-electron chi connectivity index (χ1n) is 14.8. The zero-order chi connectivity index (χ0) is 28.6. The van der Waals surface area contributed by atoms with Gasteiger partial charge in [-0.15, -0.1) is 6.42 Å². The lowest BCUT2D eigenvalue weighted by atomic mass is 9.35. The quantitative estimate of drug-likeness (QED) is 0.412. The van der Waals surface area contributed by atoms with Crippen molar-refractivity contribution in [3.8, 4) is 18.4 Å². The monoisotopic (exact) mass is 530 g/mol. The first-order chi connectivity index (χ1) is 18.1. The molecule has 210 valence electrons. The SMILES string of the molecule is C#CC(=O)N[C@]12CCC(C)(C)CC1C1C(=O)C=C3[C@@]4(C)/C=C(/C#N)COCC(C)(C)[C@@H]4CC[C@@]3(C)[C@]1(C)CC2. The largest absolute Gasteiger partial charge is 0.375 e. The Hall–Kier alpha value is -2.37. The third-order valence-electron chi connectivity index (χ3n) is 12.4. The number of rotatable bonds is 1. The lowest BCUT2D eigenvalue weighted by Crippen LogP contribution is -2.69. The van der Waals surface area contributed by atoms with Crippen molar-refractivity contribution in [1.82, 2.24) is 5.32 Å². The first kappa shape index (κ1) is 28.2. The normalized spacial score (nSPS) is 45.6. The highest BCUT2D eigenvalue weighted by Crippen LogP contribution is 2.72. The van der Waals surface area contributed by atoms with Gasteiger partial charge in [0.2, 0.25) is 0 Å². The molecule has 3 saturated carbocycles. The summed E-state index contributed by atoms with van der Waals surface area (Å²) in [5, 5.41) is 13.2. The van der Waals surface area contributed by atoms with Crippen LogP contribution in [0.15, 0.2) is 23.3 Å². The van der Waals surface area contributed by atoms with Gasteiger partial charge in [0.25, 0.3) is 5.91 Å². The fourth-order valence-electron chi connectivity index (χ4n) is 10.2. The second-order valence-corrected chi connectivity index (χ2v) is 15.6. The highest BCUT2D eigenvalue weighted by molar-refractivity contribution is 5.96. The van der Waals surface area contributed by atoms with Crippen molar-refractivity contribution in [2.75, 3.05) is 13.2 Å². The van der Waals surface area contributed by atoms with Gasteiger partial charge in [0.15, 0.2) is 5.78 Å². The van der Waals surface area contributed by atoms with E-state index in [2.05, 4.69) is 71.8 Å². The van der Waals surface area contributed by atoms with E-state index in [0.717, 1.165) is 44.9 Å². The van der Waals surface area contributed by atoms with Gasteiger partial charge in [0.1, 0.15) is 0 Å². The number of nitriles is 1. The van der Waals surface area contributed by atoms with Crippen LogP contribution in [0.2, 0.25) is 0 Å². The maximum absolute atomic E-state index is 14.5. The average molecular weight is 531 g/mol. The van der Waals surface area contributed by atoms with Crippen molar-refractivity contribution in [1.29, 1.82) is 5.26 Å². The predicted octanol–water partition coefficient (Wildman–Crippen LogP) is 6.16. The number of amides is 1. The Labute approximate surface area is 235 Å². The minimum atomic E-state index is -0.435. The second kappa shape index (κ2) is 8.81. The van der Waals surface area contributed by atoms with Crippen LogP contribution in [0.25, 0.3) is 0 Å². The summed E-state index contributed by atoms with van der Waals surface area (Å²) in [6.07, 6.45) is 16.1. The number of nitrogens with one attached hydrogen (secondary N) is 1. The van der Waals surface area contributed by atoms with E-state index < -0.39 is 11.0 Å². The Morgan fingerprint density at radius 1 is 1.08 bits per heavy atom. The summed E-state index contributed by atoms with van der Waals surface area (Å²) >= 11 is 0. The van der Waals surface area contributed by atoms with Gasteiger partial charge in [-0.25, -0.2) is 0 Å². The molecular weight excluding hydrogens is 484 g/mol. The number of hydrogen-bond donors (Lipinski definition) is 1. The van der Waals surface area contributed by atoms with E-state index >= 15 is 0 Å². The third-order valence-corrected chi connectivity index (χ3v) is 12.4. The summed E-state index contributed by atoms with van der Waals surface area (Å²) in [4.78, 5) is 27.1. The molecule has 0 saturated heterocycles. The van der Waals surface area contributed by atoms with Crippen LogP contribution in [0.3, 0.4) is 0 Å². The Bertz CT molecular complexity index is 1240. The van der Waals surface area contributed by atoms with Crippen molar-refractivity contribution in [2.45, 2.75) is 99.0 Å². The molecule has 4 aliphatic carbocycles. The Morgan fingerprint density at radius 3 is 2.44 bits per heavy atom. The molecule has 0 radical (unpaired) electrons. The summed E-state index contributed by atoms with van der Waals surface area (Å²) in [6.45, 7) is 17.1. The number of fused-ring (bicyclic) bond motifs is 7. The maximum Gasteiger partial charge on any atom is 0.296 e. The number of carbonyl (C=O) groups excluding carboxylic acids is 2. The number of ether oxygens (including phenoxy) is 1. The number of terminal acetylenes is 1. The summed E-state index contributed by atoms with van der Waals surface area (Å²) in [7, 11) is 0. The number of ketones is 1. The van der Waals surface area contributed by atoms with Gasteiger partial charge in [-0.3, -0.25) is 9.59 Å². The minimum Gasteiger partial charge on any atom is -0.375 e. The van der Waals surface area contributed by atoms with E-state index in [0.29, 0.717) is 18.8 Å². The molecule has 5 rings (SSSR count). The molecular formula is C34H46N2O3. The molecule has 5 heteroatoms. The van der Waals surface area contributed by atoms with Gasteiger partial charge in [-0.2, -0.15) is 5.26 Å². The van der Waals surface area contributed by atoms with Gasteiger partial charge in [-0.1, -0.05) is 60.1 Å². The summed E-state index contributed by atoms with van der Waals surface area (Å²) < 4.78 is 5.98. The van der Waals surface area contributed by atoms with Gasteiger partial charge in [0.05, 0.1) is 24.9 Å². The van der Waals surface area contributed by atoms with Crippen LogP contribution in [0.5, 0.6) is 0 Å². The van der Waals surface area contributed by atoms with E-state index in [1.54, 1.807) is 0 Å². The molecule has 1 aliphatic heterocycles. The van der Waals surface area contributed by atoms with Crippen molar-refractivity contribution in [3.05, 3.63) is 23.3 Å². The van der Waals surface area contributed by atoms with Crippen molar-refractivity contribution in [3.63, 3.8) is 0 Å². The lowest BCUT2D eigenvalue weighted by Gasteiger charge is -2.69. The van der Waals surface area contributed by atoms with Crippen molar-refractivity contribution in [2.24, 2.45) is 44.8 Å². The van der Waals surface area contributed by atoms with Crippen LogP contribution >= 0.6 is 0 Å². The maximum atomic E-state index is 14.5. The van der Waals surface area contributed by atoms with E-state index in [1.807, 2.05) is 6.08 Å². The Kier molecular flexibility index (Phi) is 6.37. The molecule has 0 spiro atoms. The smallest absolute Gasteiger partial charge is 0.296 e. The molecule has 39 heavy (non-hydrogen) atoms. The number of carbonyl (C=O) groups is 2. The van der Waals surface area contributed by atoms with Crippen LogP contribution in [0, 0.1) is 68.5 Å². The summed E-state index contributed by atoms with van der Waals surface area (Å²) in [5.41, 5.74) is 0.550. The first-order valence-corrected chi connectivity index (χ1v) is 14.8. The van der Waals surface area contributed by atoms with Gasteiger partial charge < -0.3 is 10.1 Å². The molecule has 1 heterocycles. The Balaban J connectivity index is 1.68. The zero-order valence-electron chi connectivity index (χ0n) is 25.0. The molecule has 0 aromatic rings. The van der Waals surface area contributed by atoms with E-state index in [1.165, 1.54) is 5.57 Å². The number of allylic oxidation sites excluding steroid dienone is 3. The fraction of sp³-hybridized carbons (Fsp3) is 0.735. The lowest BCUT2D eigenvalue weighted by molar-refractivity contribution is -0.163. The average Bonchev–Trinajstić information content (AvgIpc) is 2.84. The molecule has 0 aromatic carbocycles. The summed E-state index contributed by atoms with van der Waals surface area (Å²) in [5.74, 6) is 2.22. The second-order valence-electron chi connectivity index (χ2n) is 15.6.